The minimum atomic E-state index is -1.15. The molecular formula is C30H39N3O4. The fourth-order valence-corrected chi connectivity index (χ4v) is 6.83. The maximum Gasteiger partial charge on any atom is 0.246 e. The highest BCUT2D eigenvalue weighted by Crippen LogP contribution is 2.55. The van der Waals surface area contributed by atoms with Crippen LogP contribution < -0.4 is 10.6 Å². The molecule has 1 aromatic rings. The van der Waals surface area contributed by atoms with E-state index in [0.29, 0.717) is 23.4 Å². The highest BCUT2D eigenvalue weighted by molar-refractivity contribution is 6.02. The van der Waals surface area contributed by atoms with E-state index in [4.69, 9.17) is 4.74 Å². The lowest BCUT2D eigenvalue weighted by molar-refractivity contribution is -0.141. The van der Waals surface area contributed by atoms with Crippen LogP contribution in [0, 0.1) is 23.7 Å². The molecule has 7 heteroatoms. The molecule has 2 bridgehead atoms. The molecular weight excluding hydrogens is 466 g/mol. The van der Waals surface area contributed by atoms with Gasteiger partial charge in [0, 0.05) is 18.3 Å². The quantitative estimate of drug-likeness (QED) is 0.548. The first-order valence-electron chi connectivity index (χ1n) is 13.7. The van der Waals surface area contributed by atoms with Crippen LogP contribution in [0.25, 0.3) is 0 Å². The lowest BCUT2D eigenvalue weighted by atomic mass is 9.73. The second-order valence-corrected chi connectivity index (χ2v) is 11.6. The summed E-state index contributed by atoms with van der Waals surface area (Å²) in [5.41, 5.74) is 0.713. The monoisotopic (exact) mass is 505 g/mol. The Morgan fingerprint density at radius 2 is 1.92 bits per heavy atom. The summed E-state index contributed by atoms with van der Waals surface area (Å²) < 4.78 is 6.39. The number of rotatable bonds is 7. The van der Waals surface area contributed by atoms with Gasteiger partial charge in [0.1, 0.15) is 11.6 Å². The molecule has 1 aliphatic carbocycles. The molecule has 1 spiro atoms. The van der Waals surface area contributed by atoms with Gasteiger partial charge in [0.25, 0.3) is 0 Å². The number of hydrogen-bond donors (Lipinski definition) is 2. The SMILES string of the molecule is C=CCN1C(=O)[C@@H]2[C@H](C(=O)Nc3ccc(C(C)C)cc3)[C@@H]3C=C[C@@]2(O3)[C@@H]1C(=O)N[C@@H]1CCC[C@H](C)[C@@H]1C. The molecule has 3 heterocycles. The van der Waals surface area contributed by atoms with Crippen molar-refractivity contribution >= 4 is 23.4 Å². The number of nitrogens with zero attached hydrogens (tertiary/aromatic N) is 1. The molecule has 1 saturated carbocycles. The molecule has 0 unspecified atom stereocenters. The Morgan fingerprint density at radius 3 is 2.59 bits per heavy atom. The zero-order valence-corrected chi connectivity index (χ0v) is 22.3. The Hall–Kier alpha value is -2.93. The van der Waals surface area contributed by atoms with Gasteiger partial charge in [-0.15, -0.1) is 6.58 Å². The van der Waals surface area contributed by atoms with E-state index in [1.54, 1.807) is 11.0 Å². The highest BCUT2D eigenvalue weighted by Gasteiger charge is 2.72. The Bertz CT molecular complexity index is 1110. The summed E-state index contributed by atoms with van der Waals surface area (Å²) in [6.45, 7) is 12.7. The molecule has 2 saturated heterocycles. The Labute approximate surface area is 219 Å². The van der Waals surface area contributed by atoms with Crippen molar-refractivity contribution in [3.05, 3.63) is 54.6 Å². The first-order valence-corrected chi connectivity index (χ1v) is 13.7. The lowest BCUT2D eigenvalue weighted by Crippen LogP contribution is -2.57. The van der Waals surface area contributed by atoms with Crippen LogP contribution in [0.2, 0.25) is 0 Å². The Morgan fingerprint density at radius 1 is 1.19 bits per heavy atom. The van der Waals surface area contributed by atoms with Gasteiger partial charge in [-0.25, -0.2) is 0 Å². The van der Waals surface area contributed by atoms with E-state index in [1.165, 1.54) is 5.56 Å². The van der Waals surface area contributed by atoms with Crippen LogP contribution in [0.5, 0.6) is 0 Å². The van der Waals surface area contributed by atoms with Gasteiger partial charge >= 0.3 is 0 Å². The minimum absolute atomic E-state index is 0.0582. The van der Waals surface area contributed by atoms with Gasteiger partial charge < -0.3 is 20.3 Å². The molecule has 4 aliphatic rings. The maximum absolute atomic E-state index is 13.8. The van der Waals surface area contributed by atoms with Gasteiger partial charge in [0.05, 0.1) is 17.9 Å². The summed E-state index contributed by atoms with van der Waals surface area (Å²) in [7, 11) is 0. The van der Waals surface area contributed by atoms with E-state index in [1.807, 2.05) is 36.4 Å². The van der Waals surface area contributed by atoms with Crippen molar-refractivity contribution in [3.8, 4) is 0 Å². The Balaban J connectivity index is 1.40. The van der Waals surface area contributed by atoms with E-state index in [-0.39, 0.29) is 30.3 Å². The number of benzene rings is 1. The number of likely N-dealkylation sites (tertiary alicyclic amines) is 1. The molecule has 7 nitrogen and oxygen atoms in total. The fraction of sp³-hybridized carbons (Fsp3) is 0.567. The van der Waals surface area contributed by atoms with Crippen molar-refractivity contribution in [2.24, 2.45) is 23.7 Å². The van der Waals surface area contributed by atoms with Crippen molar-refractivity contribution in [3.63, 3.8) is 0 Å². The normalized spacial score (nSPS) is 36.1. The topological polar surface area (TPSA) is 87.7 Å². The molecule has 3 amide bonds. The number of carbonyl (C=O) groups is 3. The van der Waals surface area contributed by atoms with Gasteiger partial charge in [0.2, 0.25) is 17.7 Å². The zero-order chi connectivity index (χ0) is 26.5. The first kappa shape index (κ1) is 25.7. The van der Waals surface area contributed by atoms with Crippen molar-refractivity contribution in [1.29, 1.82) is 0 Å². The summed E-state index contributed by atoms with van der Waals surface area (Å²) in [5, 5.41) is 6.24. The molecule has 0 radical (unpaired) electrons. The zero-order valence-electron chi connectivity index (χ0n) is 22.3. The molecule has 8 atom stereocenters. The highest BCUT2D eigenvalue weighted by atomic mass is 16.5. The molecule has 198 valence electrons. The molecule has 5 rings (SSSR count). The second kappa shape index (κ2) is 9.75. The van der Waals surface area contributed by atoms with Gasteiger partial charge in [-0.3, -0.25) is 14.4 Å². The van der Waals surface area contributed by atoms with Crippen LogP contribution >= 0.6 is 0 Å². The van der Waals surface area contributed by atoms with Crippen molar-refractivity contribution in [1.82, 2.24) is 10.2 Å². The van der Waals surface area contributed by atoms with Crippen LogP contribution in [0.1, 0.15) is 58.4 Å². The summed E-state index contributed by atoms with van der Waals surface area (Å²) >= 11 is 0. The fourth-order valence-electron chi connectivity index (χ4n) is 6.83. The second-order valence-electron chi connectivity index (χ2n) is 11.6. The number of fused-ring (bicyclic) bond motifs is 1. The third-order valence-electron chi connectivity index (χ3n) is 9.13. The molecule has 3 aliphatic heterocycles. The van der Waals surface area contributed by atoms with Crippen LogP contribution in [-0.2, 0) is 19.1 Å². The molecule has 3 fully saturated rings. The van der Waals surface area contributed by atoms with Crippen molar-refractivity contribution in [2.75, 3.05) is 11.9 Å². The number of ether oxygens (including phenoxy) is 1. The third kappa shape index (κ3) is 4.21. The standard InChI is InChI=1S/C30H39N3O4/c1-6-16-33-26(28(35)32-22-9-7-8-18(4)19(22)5)30-15-14-23(37-30)24(25(30)29(33)36)27(34)31-21-12-10-20(11-13-21)17(2)3/h6,10-15,17-19,22-26H,1,7-9,16H2,2-5H3,(H,31,34)(H,32,35)/t18-,19-,22+,23-,24+,25-,26-,30-/m0/s1. The number of amides is 3. The van der Waals surface area contributed by atoms with Crippen LogP contribution in [-0.4, -0.2) is 53.0 Å². The number of carbonyl (C=O) groups excluding carboxylic acids is 3. The molecule has 0 aromatic heterocycles. The van der Waals surface area contributed by atoms with Gasteiger partial charge in [0.15, 0.2) is 0 Å². The van der Waals surface area contributed by atoms with E-state index in [2.05, 4.69) is 44.9 Å². The van der Waals surface area contributed by atoms with Gasteiger partial charge in [-0.1, -0.05) is 70.9 Å². The molecule has 2 N–H and O–H groups in total. The predicted octanol–water partition coefficient (Wildman–Crippen LogP) is 4.03. The Kier molecular flexibility index (Phi) is 6.77. The van der Waals surface area contributed by atoms with Crippen molar-refractivity contribution in [2.45, 2.75) is 76.7 Å². The van der Waals surface area contributed by atoms with Crippen LogP contribution in [0.4, 0.5) is 5.69 Å². The van der Waals surface area contributed by atoms with Gasteiger partial charge in [-0.2, -0.15) is 0 Å². The number of hydrogen-bond acceptors (Lipinski definition) is 4. The maximum atomic E-state index is 13.8. The number of nitrogens with one attached hydrogen (secondary N) is 2. The summed E-state index contributed by atoms with van der Waals surface area (Å²) in [4.78, 5) is 42.7. The van der Waals surface area contributed by atoms with E-state index < -0.39 is 29.6 Å². The minimum Gasteiger partial charge on any atom is -0.359 e. The smallest absolute Gasteiger partial charge is 0.246 e. The van der Waals surface area contributed by atoms with Crippen LogP contribution in [0.15, 0.2) is 49.1 Å². The average molecular weight is 506 g/mol. The average Bonchev–Trinajstić information content (AvgIpc) is 3.50. The summed E-state index contributed by atoms with van der Waals surface area (Å²) in [6, 6.07) is 6.99. The lowest BCUT2D eigenvalue weighted by Gasteiger charge is -2.37. The predicted molar refractivity (Wildman–Crippen MR) is 143 cm³/mol. The van der Waals surface area contributed by atoms with E-state index in [0.717, 1.165) is 19.3 Å². The van der Waals surface area contributed by atoms with E-state index >= 15 is 0 Å². The molecule has 1 aromatic carbocycles. The third-order valence-corrected chi connectivity index (χ3v) is 9.13. The van der Waals surface area contributed by atoms with Crippen LogP contribution in [0.3, 0.4) is 0 Å². The van der Waals surface area contributed by atoms with Gasteiger partial charge in [-0.05, 0) is 41.9 Å². The number of anilines is 1. The van der Waals surface area contributed by atoms with Crippen molar-refractivity contribution < 1.29 is 19.1 Å². The summed E-state index contributed by atoms with van der Waals surface area (Å²) in [6.07, 6.45) is 7.94. The molecule has 37 heavy (non-hydrogen) atoms. The van der Waals surface area contributed by atoms with E-state index in [9.17, 15) is 14.4 Å². The largest absolute Gasteiger partial charge is 0.359 e. The first-order chi connectivity index (χ1) is 17.7. The summed E-state index contributed by atoms with van der Waals surface area (Å²) in [5.74, 6) is -0.887.